The molecule has 1 aliphatic carbocycles. The summed E-state index contributed by atoms with van der Waals surface area (Å²) in [6.07, 6.45) is 6.07. The Labute approximate surface area is 138 Å². The lowest BCUT2D eigenvalue weighted by molar-refractivity contribution is -0.122. The molecule has 0 bridgehead atoms. The van der Waals surface area contributed by atoms with Gasteiger partial charge in [-0.15, -0.1) is 0 Å². The van der Waals surface area contributed by atoms with Crippen LogP contribution in [0.3, 0.4) is 0 Å². The largest absolute Gasteiger partial charge is 0.379 e. The van der Waals surface area contributed by atoms with Gasteiger partial charge in [0.25, 0.3) is 0 Å². The molecular formula is C16H30N4O3. The highest BCUT2D eigenvalue weighted by molar-refractivity contribution is 5.96. The second-order valence-corrected chi connectivity index (χ2v) is 6.56. The van der Waals surface area contributed by atoms with E-state index in [1.165, 1.54) is 26.3 Å². The van der Waals surface area contributed by atoms with Crippen molar-refractivity contribution in [3.63, 3.8) is 0 Å². The van der Waals surface area contributed by atoms with Crippen molar-refractivity contribution in [1.29, 1.82) is 0 Å². The minimum absolute atomic E-state index is 0.115. The van der Waals surface area contributed by atoms with E-state index in [2.05, 4.69) is 20.9 Å². The van der Waals surface area contributed by atoms with Crippen molar-refractivity contribution in [2.75, 3.05) is 39.9 Å². The molecule has 3 N–H and O–H groups in total. The van der Waals surface area contributed by atoms with Crippen molar-refractivity contribution in [3.05, 3.63) is 0 Å². The van der Waals surface area contributed by atoms with Crippen LogP contribution in [0.25, 0.3) is 0 Å². The van der Waals surface area contributed by atoms with Gasteiger partial charge < -0.3 is 15.4 Å². The maximum atomic E-state index is 12.0. The van der Waals surface area contributed by atoms with Gasteiger partial charge in [-0.2, -0.15) is 0 Å². The first kappa shape index (κ1) is 18.2. The predicted molar refractivity (Wildman–Crippen MR) is 88.3 cm³/mol. The van der Waals surface area contributed by atoms with E-state index in [4.69, 9.17) is 4.74 Å². The van der Waals surface area contributed by atoms with Crippen LogP contribution >= 0.6 is 0 Å². The molecule has 3 amide bonds. The Kier molecular flexibility index (Phi) is 6.80. The van der Waals surface area contributed by atoms with Crippen LogP contribution in [0.2, 0.25) is 0 Å². The van der Waals surface area contributed by atoms with Crippen molar-refractivity contribution in [1.82, 2.24) is 20.9 Å². The fraction of sp³-hybridized carbons (Fsp3) is 0.875. The highest BCUT2D eigenvalue weighted by Gasteiger charge is 2.38. The van der Waals surface area contributed by atoms with Gasteiger partial charge in [0.05, 0.1) is 19.3 Å². The molecular weight excluding hydrogens is 296 g/mol. The van der Waals surface area contributed by atoms with Crippen molar-refractivity contribution in [2.45, 2.75) is 50.6 Å². The van der Waals surface area contributed by atoms with E-state index < -0.39 is 12.1 Å². The van der Waals surface area contributed by atoms with Gasteiger partial charge in [0, 0.05) is 32.2 Å². The Morgan fingerprint density at radius 1 is 1.17 bits per heavy atom. The first-order valence-electron chi connectivity index (χ1n) is 8.66. The first-order chi connectivity index (χ1) is 11.1. The van der Waals surface area contributed by atoms with Crippen LogP contribution < -0.4 is 16.0 Å². The normalized spacial score (nSPS) is 23.0. The van der Waals surface area contributed by atoms with Crippen molar-refractivity contribution in [3.8, 4) is 0 Å². The van der Waals surface area contributed by atoms with Crippen LogP contribution in [0, 0.1) is 0 Å². The number of urea groups is 1. The molecule has 0 spiro atoms. The zero-order chi connectivity index (χ0) is 16.7. The molecule has 1 atom stereocenters. The van der Waals surface area contributed by atoms with E-state index >= 15 is 0 Å². The van der Waals surface area contributed by atoms with Gasteiger partial charge in [0.15, 0.2) is 0 Å². The van der Waals surface area contributed by atoms with Crippen molar-refractivity contribution < 1.29 is 14.3 Å². The first-order valence-corrected chi connectivity index (χ1v) is 8.66. The Morgan fingerprint density at radius 3 is 2.43 bits per heavy atom. The summed E-state index contributed by atoms with van der Waals surface area (Å²) in [6, 6.07) is -0.864. The number of carbonyl (C=O) groups is 2. The zero-order valence-electron chi connectivity index (χ0n) is 14.3. The minimum atomic E-state index is -0.468. The molecule has 1 unspecified atom stereocenters. The van der Waals surface area contributed by atoms with Crippen LogP contribution in [-0.2, 0) is 9.53 Å². The quantitative estimate of drug-likeness (QED) is 0.683. The molecule has 0 aromatic heterocycles. The predicted octanol–water partition coefficient (Wildman–Crippen LogP) is 0.455. The number of ether oxygens (including phenoxy) is 1. The number of imide groups is 1. The van der Waals surface area contributed by atoms with Crippen LogP contribution in [-0.4, -0.2) is 68.3 Å². The lowest BCUT2D eigenvalue weighted by Gasteiger charge is -2.48. The summed E-state index contributed by atoms with van der Waals surface area (Å²) < 4.78 is 5.48. The van der Waals surface area contributed by atoms with E-state index in [1.807, 2.05) is 0 Å². The number of rotatable bonds is 5. The van der Waals surface area contributed by atoms with Gasteiger partial charge >= 0.3 is 6.03 Å². The fourth-order valence-corrected chi connectivity index (χ4v) is 3.57. The van der Waals surface area contributed by atoms with Crippen LogP contribution in [0.4, 0.5) is 4.79 Å². The molecule has 1 aliphatic heterocycles. The average Bonchev–Trinajstić information content (AvgIpc) is 2.61. The second kappa shape index (κ2) is 8.61. The highest BCUT2D eigenvalue weighted by atomic mass is 16.5. The summed E-state index contributed by atoms with van der Waals surface area (Å²) in [7, 11) is 1.50. The molecule has 7 heteroatoms. The molecule has 1 saturated heterocycles. The molecule has 2 rings (SSSR count). The van der Waals surface area contributed by atoms with Crippen LogP contribution in [0.15, 0.2) is 0 Å². The van der Waals surface area contributed by atoms with Gasteiger partial charge in [-0.25, -0.2) is 4.79 Å². The zero-order valence-corrected chi connectivity index (χ0v) is 14.3. The molecule has 2 fully saturated rings. The Morgan fingerprint density at radius 2 is 1.83 bits per heavy atom. The van der Waals surface area contributed by atoms with E-state index in [9.17, 15) is 9.59 Å². The molecule has 23 heavy (non-hydrogen) atoms. The van der Waals surface area contributed by atoms with Crippen LogP contribution in [0.5, 0.6) is 0 Å². The summed E-state index contributed by atoms with van der Waals surface area (Å²) in [5, 5.41) is 8.06. The lowest BCUT2D eigenvalue weighted by atomic mass is 9.79. The average molecular weight is 326 g/mol. The number of morpholine rings is 1. The molecule has 7 nitrogen and oxygen atoms in total. The summed E-state index contributed by atoms with van der Waals surface area (Å²) in [5.74, 6) is -0.294. The van der Waals surface area contributed by atoms with E-state index in [0.717, 1.165) is 45.7 Å². The fourth-order valence-electron chi connectivity index (χ4n) is 3.57. The van der Waals surface area contributed by atoms with Gasteiger partial charge in [-0.3, -0.25) is 15.0 Å². The van der Waals surface area contributed by atoms with E-state index in [-0.39, 0.29) is 11.4 Å². The van der Waals surface area contributed by atoms with E-state index in [0.29, 0.717) is 0 Å². The van der Waals surface area contributed by atoms with Gasteiger partial charge in [-0.05, 0) is 19.8 Å². The Balaban J connectivity index is 1.92. The maximum Gasteiger partial charge on any atom is 0.321 e. The number of nitrogens with one attached hydrogen (secondary N) is 3. The summed E-state index contributed by atoms with van der Waals surface area (Å²) in [5.41, 5.74) is 0.115. The smallest absolute Gasteiger partial charge is 0.321 e. The molecule has 0 aromatic carbocycles. The molecule has 0 radical (unpaired) electrons. The molecule has 1 saturated carbocycles. The number of nitrogens with zero attached hydrogens (tertiary/aromatic N) is 1. The summed E-state index contributed by atoms with van der Waals surface area (Å²) in [6.45, 7) is 6.06. The van der Waals surface area contributed by atoms with Crippen LogP contribution in [0.1, 0.15) is 39.0 Å². The molecule has 0 aromatic rings. The number of hydrogen-bond acceptors (Lipinski definition) is 5. The number of carbonyl (C=O) groups excluding carboxylic acids is 2. The summed E-state index contributed by atoms with van der Waals surface area (Å²) >= 11 is 0. The highest BCUT2D eigenvalue weighted by Crippen LogP contribution is 2.33. The molecule has 1 heterocycles. The number of amides is 3. The van der Waals surface area contributed by atoms with Gasteiger partial charge in [-0.1, -0.05) is 19.3 Å². The van der Waals surface area contributed by atoms with Crippen molar-refractivity contribution >= 4 is 11.9 Å². The summed E-state index contributed by atoms with van der Waals surface area (Å²) in [4.78, 5) is 25.8. The SMILES string of the molecule is CNC(=O)NC(=O)C(C)NCC1(N2CCOCC2)CCCCC1. The number of hydrogen-bond donors (Lipinski definition) is 3. The topological polar surface area (TPSA) is 82.7 Å². The maximum absolute atomic E-state index is 12.0. The third-order valence-electron chi connectivity index (χ3n) is 5.06. The Hall–Kier alpha value is -1.18. The van der Waals surface area contributed by atoms with Gasteiger partial charge in [0.2, 0.25) is 5.91 Å². The van der Waals surface area contributed by atoms with E-state index in [1.54, 1.807) is 6.92 Å². The monoisotopic (exact) mass is 326 g/mol. The lowest BCUT2D eigenvalue weighted by Crippen LogP contribution is -2.61. The second-order valence-electron chi connectivity index (χ2n) is 6.56. The minimum Gasteiger partial charge on any atom is -0.379 e. The molecule has 2 aliphatic rings. The van der Waals surface area contributed by atoms with Gasteiger partial charge in [0.1, 0.15) is 0 Å². The third-order valence-corrected chi connectivity index (χ3v) is 5.06. The Bertz CT molecular complexity index is 404. The van der Waals surface area contributed by atoms with Crippen molar-refractivity contribution in [2.24, 2.45) is 0 Å². The third kappa shape index (κ3) is 4.89. The molecule has 132 valence electrons. The standard InChI is InChI=1S/C16H30N4O3/c1-13(14(21)19-15(22)17-2)18-12-16(6-4-3-5-7-16)20-8-10-23-11-9-20/h13,18H,3-12H2,1-2H3,(H2,17,19,21,22).